The fourth-order valence-corrected chi connectivity index (χ4v) is 5.01. The summed E-state index contributed by atoms with van der Waals surface area (Å²) in [5.41, 5.74) is 1.58. The summed E-state index contributed by atoms with van der Waals surface area (Å²) in [7, 11) is -1.93. The summed E-state index contributed by atoms with van der Waals surface area (Å²) >= 11 is 5.95. The maximum absolute atomic E-state index is 12.4. The SMILES string of the molecule is CN(Cc1ccc(C2=NCCN2C(=O)O)cc1)C(=O)C=CCNCS(=O)(=O)c1ccccc1Cl. The molecule has 11 heteroatoms. The van der Waals surface area contributed by atoms with E-state index in [9.17, 15) is 23.1 Å². The molecular formula is C23H25ClN4O5S. The molecule has 0 bridgehead atoms. The van der Waals surface area contributed by atoms with Crippen LogP contribution in [0.2, 0.25) is 5.02 Å². The molecule has 0 saturated heterocycles. The molecule has 0 atom stereocenters. The first-order chi connectivity index (χ1) is 16.2. The van der Waals surface area contributed by atoms with Crippen molar-refractivity contribution >= 4 is 39.3 Å². The Morgan fingerprint density at radius 3 is 2.59 bits per heavy atom. The van der Waals surface area contributed by atoms with Crippen molar-refractivity contribution in [3.8, 4) is 0 Å². The highest BCUT2D eigenvalue weighted by Crippen LogP contribution is 2.21. The average molecular weight is 505 g/mol. The van der Waals surface area contributed by atoms with Crippen molar-refractivity contribution in [1.29, 1.82) is 0 Å². The van der Waals surface area contributed by atoms with Gasteiger partial charge in [0.15, 0.2) is 9.84 Å². The first kappa shape index (κ1) is 25.4. The van der Waals surface area contributed by atoms with E-state index in [-0.39, 0.29) is 28.2 Å². The number of carboxylic acid groups (broad SMARTS) is 1. The maximum atomic E-state index is 12.4. The van der Waals surface area contributed by atoms with Crippen molar-refractivity contribution in [2.45, 2.75) is 11.4 Å². The van der Waals surface area contributed by atoms with Crippen LogP contribution in [0, 0.1) is 0 Å². The fraction of sp³-hybridized carbons (Fsp3) is 0.261. The number of hydrogen-bond donors (Lipinski definition) is 2. The van der Waals surface area contributed by atoms with Gasteiger partial charge in [-0.05, 0) is 17.7 Å². The van der Waals surface area contributed by atoms with Crippen molar-refractivity contribution in [2.24, 2.45) is 4.99 Å². The minimum absolute atomic E-state index is 0.0608. The van der Waals surface area contributed by atoms with E-state index in [0.29, 0.717) is 31.0 Å². The highest BCUT2D eigenvalue weighted by molar-refractivity contribution is 7.91. The lowest BCUT2D eigenvalue weighted by atomic mass is 10.1. The van der Waals surface area contributed by atoms with Gasteiger partial charge in [0.1, 0.15) is 11.7 Å². The molecule has 2 N–H and O–H groups in total. The lowest BCUT2D eigenvalue weighted by Gasteiger charge is -2.17. The van der Waals surface area contributed by atoms with E-state index in [1.165, 1.54) is 28.0 Å². The van der Waals surface area contributed by atoms with E-state index >= 15 is 0 Å². The highest BCUT2D eigenvalue weighted by atomic mass is 35.5. The first-order valence-electron chi connectivity index (χ1n) is 10.4. The number of sulfone groups is 1. The smallest absolute Gasteiger partial charge is 0.413 e. The predicted molar refractivity (Wildman–Crippen MR) is 130 cm³/mol. The van der Waals surface area contributed by atoms with Crippen molar-refractivity contribution in [3.63, 3.8) is 0 Å². The Morgan fingerprint density at radius 1 is 1.21 bits per heavy atom. The van der Waals surface area contributed by atoms with Crippen LogP contribution in [-0.2, 0) is 21.2 Å². The van der Waals surface area contributed by atoms with Gasteiger partial charge in [-0.3, -0.25) is 20.0 Å². The molecule has 0 radical (unpaired) electrons. The standard InChI is InChI=1S/C23H25ClN4O5S/c1-27(15-17-8-10-18(11-9-17)22-26-13-14-28(22)23(30)31)21(29)7-4-12-25-16-34(32,33)20-6-3-2-5-19(20)24/h2-11,25H,12-16H2,1H3,(H,30,31). The van der Waals surface area contributed by atoms with Crippen LogP contribution in [0.5, 0.6) is 0 Å². The van der Waals surface area contributed by atoms with Gasteiger partial charge in [-0.15, -0.1) is 0 Å². The van der Waals surface area contributed by atoms with Gasteiger partial charge in [-0.1, -0.05) is 54.1 Å². The summed E-state index contributed by atoms with van der Waals surface area (Å²) in [5, 5.41) is 12.2. The minimum Gasteiger partial charge on any atom is -0.465 e. The van der Waals surface area contributed by atoms with E-state index in [1.807, 2.05) is 12.1 Å². The number of rotatable bonds is 9. The number of halogens is 1. The monoisotopic (exact) mass is 504 g/mol. The van der Waals surface area contributed by atoms with Gasteiger partial charge in [0.2, 0.25) is 5.91 Å². The third-order valence-corrected chi connectivity index (χ3v) is 7.12. The Balaban J connectivity index is 1.47. The van der Waals surface area contributed by atoms with E-state index in [4.69, 9.17) is 11.6 Å². The van der Waals surface area contributed by atoms with Crippen LogP contribution >= 0.6 is 11.6 Å². The summed E-state index contributed by atoms with van der Waals surface area (Å²) in [5.74, 6) is -0.116. The van der Waals surface area contributed by atoms with Crippen molar-refractivity contribution in [2.75, 3.05) is 32.6 Å². The minimum atomic E-state index is -3.58. The normalized spacial score (nSPS) is 13.8. The molecule has 2 aromatic rings. The summed E-state index contributed by atoms with van der Waals surface area (Å²) in [6, 6.07) is 13.4. The van der Waals surface area contributed by atoms with Crippen LogP contribution in [0.3, 0.4) is 0 Å². The second-order valence-electron chi connectivity index (χ2n) is 7.58. The third-order valence-electron chi connectivity index (χ3n) is 5.07. The molecule has 3 rings (SSSR count). The molecule has 180 valence electrons. The Labute approximate surface area is 203 Å². The number of likely N-dealkylation sites (N-methyl/N-ethyl adjacent to an activating group) is 1. The van der Waals surface area contributed by atoms with E-state index in [0.717, 1.165) is 5.56 Å². The van der Waals surface area contributed by atoms with Gasteiger partial charge < -0.3 is 10.0 Å². The largest absolute Gasteiger partial charge is 0.465 e. The van der Waals surface area contributed by atoms with Crippen LogP contribution < -0.4 is 5.32 Å². The molecule has 0 fully saturated rings. The first-order valence-corrected chi connectivity index (χ1v) is 12.5. The lowest BCUT2D eigenvalue weighted by molar-refractivity contribution is -0.125. The van der Waals surface area contributed by atoms with Gasteiger partial charge in [0.05, 0.1) is 23.0 Å². The Kier molecular flexibility index (Phi) is 8.43. The van der Waals surface area contributed by atoms with Crippen LogP contribution in [0.25, 0.3) is 0 Å². The maximum Gasteiger partial charge on any atom is 0.413 e. The van der Waals surface area contributed by atoms with Crippen LogP contribution in [0.1, 0.15) is 11.1 Å². The van der Waals surface area contributed by atoms with Crippen molar-refractivity contribution in [3.05, 3.63) is 76.8 Å². The number of aliphatic imine (C=N–C) groups is 1. The number of carbonyl (C=O) groups is 2. The zero-order chi connectivity index (χ0) is 24.7. The zero-order valence-electron chi connectivity index (χ0n) is 18.5. The zero-order valence-corrected chi connectivity index (χ0v) is 20.1. The number of benzene rings is 2. The van der Waals surface area contributed by atoms with E-state index in [1.54, 1.807) is 37.4 Å². The molecule has 9 nitrogen and oxygen atoms in total. The van der Waals surface area contributed by atoms with Gasteiger partial charge in [0.25, 0.3) is 0 Å². The van der Waals surface area contributed by atoms with E-state index in [2.05, 4.69) is 10.3 Å². The predicted octanol–water partition coefficient (Wildman–Crippen LogP) is 2.62. The summed E-state index contributed by atoms with van der Waals surface area (Å²) in [4.78, 5) is 30.7. The van der Waals surface area contributed by atoms with Crippen molar-refractivity contribution in [1.82, 2.24) is 15.1 Å². The third kappa shape index (κ3) is 6.43. The summed E-state index contributed by atoms with van der Waals surface area (Å²) in [6.45, 7) is 1.33. The fourth-order valence-electron chi connectivity index (χ4n) is 3.33. The molecule has 2 aromatic carbocycles. The molecule has 1 heterocycles. The van der Waals surface area contributed by atoms with Gasteiger partial charge in [-0.25, -0.2) is 13.2 Å². The number of carbonyl (C=O) groups excluding carboxylic acids is 1. The van der Waals surface area contributed by atoms with Gasteiger partial charge >= 0.3 is 6.09 Å². The second-order valence-corrected chi connectivity index (χ2v) is 9.94. The van der Waals surface area contributed by atoms with Crippen LogP contribution in [-0.4, -0.2) is 73.7 Å². The highest BCUT2D eigenvalue weighted by Gasteiger charge is 2.24. The van der Waals surface area contributed by atoms with Crippen molar-refractivity contribution < 1.29 is 23.1 Å². The Morgan fingerprint density at radius 2 is 1.91 bits per heavy atom. The van der Waals surface area contributed by atoms with Crippen LogP contribution in [0.4, 0.5) is 4.79 Å². The number of nitrogens with one attached hydrogen (secondary N) is 1. The molecule has 2 amide bonds. The molecule has 0 aliphatic carbocycles. The molecule has 0 unspecified atom stereocenters. The number of nitrogens with zero attached hydrogens (tertiary/aromatic N) is 3. The summed E-state index contributed by atoms with van der Waals surface area (Å²) < 4.78 is 24.7. The van der Waals surface area contributed by atoms with E-state index < -0.39 is 15.9 Å². The quantitative estimate of drug-likeness (QED) is 0.400. The topological polar surface area (TPSA) is 119 Å². The second kappa shape index (κ2) is 11.3. The molecule has 0 spiro atoms. The average Bonchev–Trinajstić information content (AvgIpc) is 3.29. The molecule has 0 saturated carbocycles. The lowest BCUT2D eigenvalue weighted by Crippen LogP contribution is -2.33. The van der Waals surface area contributed by atoms with Gasteiger partial charge in [0, 0.05) is 31.8 Å². The Bertz CT molecular complexity index is 1210. The molecule has 1 aliphatic heterocycles. The molecule has 1 aliphatic rings. The number of amides is 2. The molecule has 34 heavy (non-hydrogen) atoms. The van der Waals surface area contributed by atoms with Gasteiger partial charge in [-0.2, -0.15) is 0 Å². The summed E-state index contributed by atoms with van der Waals surface area (Å²) in [6.07, 6.45) is 1.90. The molecular weight excluding hydrogens is 480 g/mol. The number of hydrogen-bond acceptors (Lipinski definition) is 6. The van der Waals surface area contributed by atoms with Crippen LogP contribution in [0.15, 0.2) is 70.6 Å². The molecule has 0 aromatic heterocycles. The number of amidine groups is 1. The Hall–Kier alpha value is -3.21.